The van der Waals surface area contributed by atoms with Gasteiger partial charge in [0.15, 0.2) is 5.78 Å². The predicted molar refractivity (Wildman–Crippen MR) is 93.3 cm³/mol. The van der Waals surface area contributed by atoms with E-state index in [0.29, 0.717) is 0 Å². The third-order valence-electron chi connectivity index (χ3n) is 3.48. The van der Waals surface area contributed by atoms with Crippen LogP contribution in [0.4, 0.5) is 0 Å². The third kappa shape index (κ3) is 7.23. The first-order valence-corrected chi connectivity index (χ1v) is 8.07. The van der Waals surface area contributed by atoms with Gasteiger partial charge in [0.05, 0.1) is 19.6 Å². The minimum Gasteiger partial charge on any atom is -0.480 e. The molecule has 0 radical (unpaired) electrons. The lowest BCUT2D eigenvalue weighted by molar-refractivity contribution is -0.147. The van der Waals surface area contributed by atoms with Gasteiger partial charge in [0.2, 0.25) is 0 Å². The third-order valence-corrected chi connectivity index (χ3v) is 3.48. The Morgan fingerprint density at radius 1 is 0.962 bits per heavy atom. The maximum Gasteiger partial charge on any atom is 0.320 e. The van der Waals surface area contributed by atoms with Gasteiger partial charge in [-0.15, -0.1) is 0 Å². The fourth-order valence-electron chi connectivity index (χ4n) is 2.36. The average molecular weight is 356 g/mol. The maximum atomic E-state index is 12.2. The first-order valence-electron chi connectivity index (χ1n) is 8.07. The number of rotatable bonds is 10. The largest absolute Gasteiger partial charge is 0.480 e. The monoisotopic (exact) mass is 356 g/mol. The second kappa shape index (κ2) is 10.0. The van der Waals surface area contributed by atoms with E-state index in [9.17, 15) is 14.4 Å². The molecule has 0 bridgehead atoms. The summed E-state index contributed by atoms with van der Waals surface area (Å²) in [7, 11) is 0. The number of hydrogen-bond acceptors (Lipinski definition) is 6. The number of carboxylic acids is 1. The molecular formula is C19H20N2O5. The van der Waals surface area contributed by atoms with Crippen LogP contribution >= 0.6 is 0 Å². The van der Waals surface area contributed by atoms with Gasteiger partial charge in [0.25, 0.3) is 0 Å². The summed E-state index contributed by atoms with van der Waals surface area (Å²) in [5, 5.41) is 8.99. The van der Waals surface area contributed by atoms with Gasteiger partial charge in [-0.05, 0) is 17.2 Å². The van der Waals surface area contributed by atoms with Crippen LogP contribution in [0.1, 0.15) is 11.1 Å². The topological polar surface area (TPSA) is 96.8 Å². The Morgan fingerprint density at radius 3 is 2.35 bits per heavy atom. The Morgan fingerprint density at radius 2 is 1.69 bits per heavy atom. The average Bonchev–Trinajstić information content (AvgIpc) is 2.61. The van der Waals surface area contributed by atoms with Gasteiger partial charge >= 0.3 is 11.9 Å². The highest BCUT2D eigenvalue weighted by atomic mass is 16.5. The molecule has 1 heterocycles. The highest BCUT2D eigenvalue weighted by Gasteiger charge is 2.18. The zero-order valence-electron chi connectivity index (χ0n) is 14.2. The lowest BCUT2D eigenvalue weighted by Gasteiger charge is -2.18. The van der Waals surface area contributed by atoms with Crippen molar-refractivity contribution in [1.82, 2.24) is 9.88 Å². The molecule has 2 rings (SSSR count). The Bertz CT molecular complexity index is 734. The number of aliphatic carboxylic acids is 1. The van der Waals surface area contributed by atoms with E-state index in [-0.39, 0.29) is 31.9 Å². The van der Waals surface area contributed by atoms with E-state index in [1.54, 1.807) is 24.5 Å². The van der Waals surface area contributed by atoms with E-state index in [4.69, 9.17) is 9.84 Å². The van der Waals surface area contributed by atoms with Crippen LogP contribution in [-0.2, 0) is 32.1 Å². The number of ether oxygens (including phenoxy) is 1. The van der Waals surface area contributed by atoms with Gasteiger partial charge < -0.3 is 9.84 Å². The fraction of sp³-hybridized carbons (Fsp3) is 0.263. The zero-order chi connectivity index (χ0) is 18.8. The molecule has 136 valence electrons. The molecule has 0 saturated heterocycles. The summed E-state index contributed by atoms with van der Waals surface area (Å²) >= 11 is 0. The first kappa shape index (κ1) is 19.3. The number of Topliss-reactive ketones (excluding diaryl/α,β-unsaturated/α-hetero) is 1. The quantitative estimate of drug-likeness (QED) is 0.641. The van der Waals surface area contributed by atoms with Crippen molar-refractivity contribution in [1.29, 1.82) is 0 Å². The number of benzene rings is 1. The van der Waals surface area contributed by atoms with Gasteiger partial charge in [0.1, 0.15) is 6.61 Å². The van der Waals surface area contributed by atoms with E-state index in [0.717, 1.165) is 11.1 Å². The summed E-state index contributed by atoms with van der Waals surface area (Å²) in [6.07, 6.45) is 3.31. The second-order valence-corrected chi connectivity index (χ2v) is 5.76. The van der Waals surface area contributed by atoms with Crippen LogP contribution in [0.3, 0.4) is 0 Å². The van der Waals surface area contributed by atoms with Crippen LogP contribution in [-0.4, -0.2) is 52.3 Å². The van der Waals surface area contributed by atoms with Crippen LogP contribution in [0.15, 0.2) is 54.9 Å². The molecule has 1 aromatic heterocycles. The molecule has 26 heavy (non-hydrogen) atoms. The van der Waals surface area contributed by atoms with Gasteiger partial charge in [-0.25, -0.2) is 0 Å². The summed E-state index contributed by atoms with van der Waals surface area (Å²) in [5.74, 6) is -1.89. The Hall–Kier alpha value is -3.06. The maximum absolute atomic E-state index is 12.2. The fourth-order valence-corrected chi connectivity index (χ4v) is 2.36. The van der Waals surface area contributed by atoms with Crippen LogP contribution in [0.5, 0.6) is 0 Å². The molecule has 0 atom stereocenters. The molecule has 7 heteroatoms. The van der Waals surface area contributed by atoms with Gasteiger partial charge in [0, 0.05) is 18.8 Å². The van der Waals surface area contributed by atoms with Crippen LogP contribution in [0.2, 0.25) is 0 Å². The molecule has 2 aromatic rings. The number of nitrogens with zero attached hydrogens (tertiary/aromatic N) is 2. The van der Waals surface area contributed by atoms with Gasteiger partial charge in [-0.3, -0.25) is 24.3 Å². The molecule has 1 N–H and O–H groups in total. The van der Waals surface area contributed by atoms with E-state index in [1.165, 1.54) is 4.90 Å². The Balaban J connectivity index is 1.86. The molecule has 0 saturated carbocycles. The number of carbonyl (C=O) groups excluding carboxylic acids is 2. The van der Waals surface area contributed by atoms with Crippen molar-refractivity contribution in [3.63, 3.8) is 0 Å². The van der Waals surface area contributed by atoms with Crippen LogP contribution < -0.4 is 0 Å². The van der Waals surface area contributed by atoms with E-state index >= 15 is 0 Å². The highest BCUT2D eigenvalue weighted by Crippen LogP contribution is 2.03. The van der Waals surface area contributed by atoms with E-state index in [1.807, 2.05) is 30.3 Å². The molecule has 7 nitrogen and oxygen atoms in total. The standard InChI is InChI=1S/C19H20N2O5/c22-17(9-16-7-4-8-20-10-16)11-21(12-18(23)24)13-19(25)26-14-15-5-2-1-3-6-15/h1-8,10H,9,11-14H2,(H,23,24). The first-order chi connectivity index (χ1) is 12.5. The Labute approximate surface area is 151 Å². The number of hydrogen-bond donors (Lipinski definition) is 1. The highest BCUT2D eigenvalue weighted by molar-refractivity contribution is 5.84. The van der Waals surface area contributed by atoms with Crippen LogP contribution in [0.25, 0.3) is 0 Å². The van der Waals surface area contributed by atoms with Crippen molar-refractivity contribution in [2.24, 2.45) is 0 Å². The molecule has 0 aliphatic carbocycles. The molecule has 1 aromatic carbocycles. The molecule has 0 unspecified atom stereocenters. The number of carbonyl (C=O) groups is 3. The zero-order valence-corrected chi connectivity index (χ0v) is 14.2. The van der Waals surface area contributed by atoms with E-state index < -0.39 is 18.5 Å². The summed E-state index contributed by atoms with van der Waals surface area (Å²) in [6.45, 7) is -0.733. The van der Waals surface area contributed by atoms with Crippen molar-refractivity contribution in [3.8, 4) is 0 Å². The number of ketones is 1. The smallest absolute Gasteiger partial charge is 0.320 e. The number of carboxylic acid groups (broad SMARTS) is 1. The lowest BCUT2D eigenvalue weighted by atomic mass is 10.1. The molecule has 0 spiro atoms. The molecular weight excluding hydrogens is 336 g/mol. The molecule has 0 aliphatic rings. The summed E-state index contributed by atoms with van der Waals surface area (Å²) < 4.78 is 5.15. The second-order valence-electron chi connectivity index (χ2n) is 5.76. The van der Waals surface area contributed by atoms with Crippen molar-refractivity contribution >= 4 is 17.7 Å². The number of aromatic nitrogens is 1. The van der Waals surface area contributed by atoms with Crippen molar-refractivity contribution in [2.75, 3.05) is 19.6 Å². The molecule has 0 amide bonds. The minimum atomic E-state index is -1.12. The van der Waals surface area contributed by atoms with Crippen LogP contribution in [0, 0.1) is 0 Å². The molecule has 0 fully saturated rings. The van der Waals surface area contributed by atoms with Crippen molar-refractivity contribution < 1.29 is 24.2 Å². The van der Waals surface area contributed by atoms with Crippen molar-refractivity contribution in [2.45, 2.75) is 13.0 Å². The normalized spacial score (nSPS) is 10.5. The Kier molecular flexibility index (Phi) is 7.45. The van der Waals surface area contributed by atoms with Gasteiger partial charge in [-0.1, -0.05) is 36.4 Å². The van der Waals surface area contributed by atoms with Crippen molar-refractivity contribution in [3.05, 3.63) is 66.0 Å². The molecule has 0 aliphatic heterocycles. The number of esters is 1. The van der Waals surface area contributed by atoms with E-state index in [2.05, 4.69) is 4.98 Å². The summed E-state index contributed by atoms with van der Waals surface area (Å²) in [5.41, 5.74) is 1.57. The minimum absolute atomic E-state index is 0.101. The summed E-state index contributed by atoms with van der Waals surface area (Å²) in [4.78, 5) is 40.3. The predicted octanol–water partition coefficient (Wildman–Crippen LogP) is 1.32. The van der Waals surface area contributed by atoms with Gasteiger partial charge in [-0.2, -0.15) is 0 Å². The lowest BCUT2D eigenvalue weighted by Crippen LogP contribution is -2.39. The SMILES string of the molecule is O=C(O)CN(CC(=O)Cc1cccnc1)CC(=O)OCc1ccccc1. The number of pyridine rings is 1. The summed E-state index contributed by atoms with van der Waals surface area (Å²) in [6, 6.07) is 12.6.